The van der Waals surface area contributed by atoms with E-state index in [1.165, 1.54) is 7.11 Å². The van der Waals surface area contributed by atoms with Gasteiger partial charge in [0.1, 0.15) is 5.75 Å². The Morgan fingerprint density at radius 1 is 1.20 bits per heavy atom. The van der Waals surface area contributed by atoms with E-state index >= 15 is 0 Å². The average Bonchev–Trinajstić information content (AvgIpc) is 3.13. The first-order valence-electron chi connectivity index (χ1n) is 8.37. The largest absolute Gasteiger partial charge is 0.497 e. The summed E-state index contributed by atoms with van der Waals surface area (Å²) in [6.45, 7) is 2.47. The van der Waals surface area contributed by atoms with Gasteiger partial charge in [0.2, 0.25) is 0 Å². The second kappa shape index (κ2) is 7.57. The van der Waals surface area contributed by atoms with E-state index in [1.54, 1.807) is 19.2 Å². The number of nitrogens with zero attached hydrogens (tertiary/aromatic N) is 1. The van der Waals surface area contributed by atoms with Crippen molar-refractivity contribution < 1.29 is 19.1 Å². The molecule has 0 radical (unpaired) electrons. The number of carbonyl (C=O) groups is 2. The molecule has 134 valence electrons. The summed E-state index contributed by atoms with van der Waals surface area (Å²) in [5, 5.41) is 5.62. The molecule has 1 saturated heterocycles. The first-order chi connectivity index (χ1) is 12.1. The fourth-order valence-electron chi connectivity index (χ4n) is 3.30. The number of methoxy groups -OCH3 is 2. The molecule has 0 unspecified atom stereocenters. The fourth-order valence-corrected chi connectivity index (χ4v) is 3.30. The summed E-state index contributed by atoms with van der Waals surface area (Å²) in [7, 11) is 2.94. The van der Waals surface area contributed by atoms with Crippen LogP contribution in [-0.4, -0.2) is 50.8 Å². The van der Waals surface area contributed by atoms with Crippen LogP contribution in [0.1, 0.15) is 24.4 Å². The summed E-state index contributed by atoms with van der Waals surface area (Å²) in [6.07, 6.45) is 2.27. The van der Waals surface area contributed by atoms with Gasteiger partial charge in [0.05, 0.1) is 25.8 Å². The Hall–Kier alpha value is -2.54. The summed E-state index contributed by atoms with van der Waals surface area (Å²) < 4.78 is 10.2. The molecule has 1 aromatic rings. The van der Waals surface area contributed by atoms with E-state index in [2.05, 4.69) is 15.5 Å². The number of benzene rings is 1. The quantitative estimate of drug-likeness (QED) is 0.792. The van der Waals surface area contributed by atoms with Gasteiger partial charge < -0.3 is 20.1 Å². The van der Waals surface area contributed by atoms with E-state index in [1.807, 2.05) is 12.1 Å². The number of carbonyl (C=O) groups excluding carboxylic acids is 2. The van der Waals surface area contributed by atoms with Crippen molar-refractivity contribution in [1.82, 2.24) is 15.5 Å². The predicted octanol–water partition coefficient (Wildman–Crippen LogP) is 1.57. The molecule has 25 heavy (non-hydrogen) atoms. The topological polar surface area (TPSA) is 79.9 Å². The van der Waals surface area contributed by atoms with Gasteiger partial charge in [0.15, 0.2) is 0 Å². The van der Waals surface area contributed by atoms with Gasteiger partial charge in [0.25, 0.3) is 0 Å². The van der Waals surface area contributed by atoms with Gasteiger partial charge in [-0.25, -0.2) is 9.59 Å². The van der Waals surface area contributed by atoms with Crippen LogP contribution in [0.25, 0.3) is 0 Å². The monoisotopic (exact) mass is 345 g/mol. The Bertz CT molecular complexity index is 678. The second-order valence-corrected chi connectivity index (χ2v) is 6.17. The van der Waals surface area contributed by atoms with Crippen LogP contribution in [0.3, 0.4) is 0 Å². The molecule has 2 aliphatic rings. The molecular weight excluding hydrogens is 322 g/mol. The molecule has 0 aromatic heterocycles. The highest BCUT2D eigenvalue weighted by Crippen LogP contribution is 2.29. The minimum Gasteiger partial charge on any atom is -0.497 e. The Morgan fingerprint density at radius 2 is 1.88 bits per heavy atom. The molecule has 1 fully saturated rings. The number of hydrogen-bond donors (Lipinski definition) is 2. The third-order valence-corrected chi connectivity index (χ3v) is 4.59. The van der Waals surface area contributed by atoms with Crippen LogP contribution < -0.4 is 15.4 Å². The molecule has 2 N–H and O–H groups in total. The molecule has 3 rings (SSSR count). The summed E-state index contributed by atoms with van der Waals surface area (Å²) in [6, 6.07) is 6.42. The summed E-state index contributed by atoms with van der Waals surface area (Å²) in [5.41, 5.74) is 1.85. The number of urea groups is 1. The van der Waals surface area contributed by atoms with Crippen LogP contribution >= 0.6 is 0 Å². The van der Waals surface area contributed by atoms with Crippen molar-refractivity contribution in [2.24, 2.45) is 0 Å². The number of rotatable bonds is 5. The van der Waals surface area contributed by atoms with Crippen LogP contribution in [0.2, 0.25) is 0 Å². The third-order valence-electron chi connectivity index (χ3n) is 4.59. The van der Waals surface area contributed by atoms with Gasteiger partial charge in [-0.05, 0) is 43.6 Å². The molecule has 2 aliphatic heterocycles. The van der Waals surface area contributed by atoms with E-state index in [-0.39, 0.29) is 6.03 Å². The van der Waals surface area contributed by atoms with Crippen molar-refractivity contribution in [1.29, 1.82) is 0 Å². The number of likely N-dealkylation sites (tertiary alicyclic amines) is 1. The van der Waals surface area contributed by atoms with Gasteiger partial charge >= 0.3 is 12.0 Å². The second-order valence-electron chi connectivity index (χ2n) is 6.17. The molecular formula is C18H23N3O4. The Balaban J connectivity index is 1.97. The zero-order valence-corrected chi connectivity index (χ0v) is 14.5. The van der Waals surface area contributed by atoms with Crippen molar-refractivity contribution >= 4 is 12.0 Å². The zero-order valence-electron chi connectivity index (χ0n) is 14.5. The molecule has 7 heteroatoms. The number of nitrogens with one attached hydrogen (secondary N) is 2. The molecule has 7 nitrogen and oxygen atoms in total. The van der Waals surface area contributed by atoms with E-state index < -0.39 is 12.0 Å². The minimum atomic E-state index is -0.551. The number of amides is 2. The van der Waals surface area contributed by atoms with E-state index in [0.29, 0.717) is 23.6 Å². The number of hydrogen-bond acceptors (Lipinski definition) is 5. The highest BCUT2D eigenvalue weighted by atomic mass is 16.5. The Labute approximate surface area is 147 Å². The molecule has 1 aromatic carbocycles. The van der Waals surface area contributed by atoms with Crippen LogP contribution in [0.15, 0.2) is 35.5 Å². The minimum absolute atomic E-state index is 0.317. The average molecular weight is 345 g/mol. The van der Waals surface area contributed by atoms with E-state index in [9.17, 15) is 9.59 Å². The van der Waals surface area contributed by atoms with Gasteiger partial charge in [-0.1, -0.05) is 12.1 Å². The van der Waals surface area contributed by atoms with Gasteiger partial charge in [-0.2, -0.15) is 0 Å². The molecule has 1 atom stereocenters. The maximum atomic E-state index is 12.4. The Morgan fingerprint density at radius 3 is 2.48 bits per heavy atom. The van der Waals surface area contributed by atoms with Gasteiger partial charge in [-0.3, -0.25) is 4.90 Å². The first-order valence-corrected chi connectivity index (χ1v) is 8.37. The predicted molar refractivity (Wildman–Crippen MR) is 92.1 cm³/mol. The van der Waals surface area contributed by atoms with Crippen molar-refractivity contribution in [3.05, 3.63) is 41.1 Å². The van der Waals surface area contributed by atoms with Crippen molar-refractivity contribution in [2.75, 3.05) is 33.9 Å². The highest BCUT2D eigenvalue weighted by molar-refractivity contribution is 5.95. The Kier molecular flexibility index (Phi) is 5.23. The molecule has 2 heterocycles. The maximum absolute atomic E-state index is 12.4. The van der Waals surface area contributed by atoms with E-state index in [4.69, 9.17) is 9.47 Å². The van der Waals surface area contributed by atoms with Crippen molar-refractivity contribution in [3.8, 4) is 5.75 Å². The summed E-state index contributed by atoms with van der Waals surface area (Å²) >= 11 is 0. The molecule has 0 aliphatic carbocycles. The molecule has 0 bridgehead atoms. The third kappa shape index (κ3) is 3.76. The highest BCUT2D eigenvalue weighted by Gasteiger charge is 2.34. The smallest absolute Gasteiger partial charge is 0.338 e. The number of esters is 1. The van der Waals surface area contributed by atoms with Crippen LogP contribution in [0, 0.1) is 0 Å². The molecule has 0 spiro atoms. The lowest BCUT2D eigenvalue weighted by molar-refractivity contribution is -0.136. The molecule has 2 amide bonds. The van der Waals surface area contributed by atoms with E-state index in [0.717, 1.165) is 31.5 Å². The standard InChI is InChI=1S/C18H23N3O4/c1-24-13-7-5-12(6-8-13)16-15(17(22)25-2)14(19-18(23)20-16)11-21-9-3-4-10-21/h5-8,16H,3-4,9-11H2,1-2H3,(H2,19,20,23)/t16-/m0/s1. The summed E-state index contributed by atoms with van der Waals surface area (Å²) in [5.74, 6) is 0.271. The van der Waals surface area contributed by atoms with Gasteiger partial charge in [0, 0.05) is 12.2 Å². The van der Waals surface area contributed by atoms with Crippen molar-refractivity contribution in [2.45, 2.75) is 18.9 Å². The zero-order chi connectivity index (χ0) is 17.8. The van der Waals surface area contributed by atoms with Gasteiger partial charge in [-0.15, -0.1) is 0 Å². The lowest BCUT2D eigenvalue weighted by Gasteiger charge is -2.31. The molecule has 0 saturated carbocycles. The fraction of sp³-hybridized carbons (Fsp3) is 0.444. The summed E-state index contributed by atoms with van der Waals surface area (Å²) in [4.78, 5) is 26.8. The van der Waals surface area contributed by atoms with Crippen molar-refractivity contribution in [3.63, 3.8) is 0 Å². The van der Waals surface area contributed by atoms with Crippen LogP contribution in [0.5, 0.6) is 5.75 Å². The lowest BCUT2D eigenvalue weighted by atomic mass is 9.95. The first kappa shape index (κ1) is 17.3. The normalized spacial score (nSPS) is 20.9. The lowest BCUT2D eigenvalue weighted by Crippen LogP contribution is -2.48. The number of ether oxygens (including phenoxy) is 2. The SMILES string of the molecule is COC(=O)C1=C(CN2CCCC2)NC(=O)N[C@H]1c1ccc(OC)cc1. The van der Waals surface area contributed by atoms with Crippen LogP contribution in [0.4, 0.5) is 4.79 Å². The van der Waals surface area contributed by atoms with Crippen LogP contribution in [-0.2, 0) is 9.53 Å². The maximum Gasteiger partial charge on any atom is 0.338 e.